The largest absolute Gasteiger partial charge is 0.399 e. The van der Waals surface area contributed by atoms with Crippen molar-refractivity contribution in [3.8, 4) is 0 Å². The average molecular weight is 283 g/mol. The SMILES string of the molecule is Cc1ccc(N)cc1C(=O)N1CCC(C)(C)CC1.Cl. The number of hydrogen-bond acceptors (Lipinski definition) is 2. The van der Waals surface area contributed by atoms with E-state index in [-0.39, 0.29) is 18.3 Å². The Morgan fingerprint density at radius 1 is 1.26 bits per heavy atom. The number of piperidine rings is 1. The van der Waals surface area contributed by atoms with E-state index in [1.165, 1.54) is 0 Å². The second kappa shape index (κ2) is 5.83. The van der Waals surface area contributed by atoms with Gasteiger partial charge in [-0.15, -0.1) is 12.4 Å². The van der Waals surface area contributed by atoms with E-state index in [0.29, 0.717) is 11.1 Å². The zero-order valence-corrected chi connectivity index (χ0v) is 12.7. The number of rotatable bonds is 1. The number of anilines is 1. The molecule has 0 bridgehead atoms. The van der Waals surface area contributed by atoms with Crippen LogP contribution >= 0.6 is 12.4 Å². The van der Waals surface area contributed by atoms with E-state index in [9.17, 15) is 4.79 Å². The number of halogens is 1. The van der Waals surface area contributed by atoms with Crippen LogP contribution in [-0.4, -0.2) is 23.9 Å². The first kappa shape index (κ1) is 15.8. The second-order valence-electron chi connectivity index (χ2n) is 6.03. The lowest BCUT2D eigenvalue weighted by molar-refractivity contribution is 0.0629. The van der Waals surface area contributed by atoms with Crippen LogP contribution in [0.25, 0.3) is 0 Å². The molecular weight excluding hydrogens is 260 g/mol. The molecule has 1 fully saturated rings. The highest BCUT2D eigenvalue weighted by molar-refractivity contribution is 5.96. The zero-order valence-electron chi connectivity index (χ0n) is 11.9. The molecule has 0 unspecified atom stereocenters. The highest BCUT2D eigenvalue weighted by atomic mass is 35.5. The molecule has 19 heavy (non-hydrogen) atoms. The lowest BCUT2D eigenvalue weighted by Crippen LogP contribution is -2.41. The van der Waals surface area contributed by atoms with Crippen LogP contribution in [0.5, 0.6) is 0 Å². The molecule has 3 nitrogen and oxygen atoms in total. The zero-order chi connectivity index (χ0) is 13.3. The summed E-state index contributed by atoms with van der Waals surface area (Å²) < 4.78 is 0. The fourth-order valence-electron chi connectivity index (χ4n) is 2.36. The van der Waals surface area contributed by atoms with E-state index in [1.807, 2.05) is 24.0 Å². The molecule has 1 aliphatic rings. The number of carbonyl (C=O) groups is 1. The lowest BCUT2D eigenvalue weighted by atomic mass is 9.82. The Morgan fingerprint density at radius 2 is 1.84 bits per heavy atom. The van der Waals surface area contributed by atoms with E-state index in [4.69, 9.17) is 5.73 Å². The van der Waals surface area contributed by atoms with Crippen molar-refractivity contribution in [2.45, 2.75) is 33.6 Å². The Kier molecular flexibility index (Phi) is 4.86. The van der Waals surface area contributed by atoms with Crippen LogP contribution in [0.4, 0.5) is 5.69 Å². The molecule has 4 heteroatoms. The molecule has 1 saturated heterocycles. The molecule has 2 rings (SSSR count). The van der Waals surface area contributed by atoms with Gasteiger partial charge in [0, 0.05) is 24.3 Å². The van der Waals surface area contributed by atoms with Crippen LogP contribution in [-0.2, 0) is 0 Å². The third-order valence-corrected chi connectivity index (χ3v) is 3.90. The first-order valence-electron chi connectivity index (χ1n) is 6.54. The Bertz CT molecular complexity index is 461. The second-order valence-corrected chi connectivity index (χ2v) is 6.03. The standard InChI is InChI=1S/C15H22N2O.ClH/c1-11-4-5-12(16)10-13(11)14(18)17-8-6-15(2,3)7-9-17;/h4-5,10H,6-9,16H2,1-3H3;1H. The predicted molar refractivity (Wildman–Crippen MR) is 81.8 cm³/mol. The van der Waals surface area contributed by atoms with Crippen molar-refractivity contribution >= 4 is 24.0 Å². The number of amides is 1. The lowest BCUT2D eigenvalue weighted by Gasteiger charge is -2.37. The van der Waals surface area contributed by atoms with Crippen molar-refractivity contribution in [2.75, 3.05) is 18.8 Å². The molecular formula is C15H23ClN2O. The molecule has 0 atom stereocenters. The summed E-state index contributed by atoms with van der Waals surface area (Å²) in [5.74, 6) is 0.121. The van der Waals surface area contributed by atoms with Crippen LogP contribution in [0.1, 0.15) is 42.6 Å². The van der Waals surface area contributed by atoms with Gasteiger partial charge in [-0.25, -0.2) is 0 Å². The van der Waals surface area contributed by atoms with Gasteiger partial charge < -0.3 is 10.6 Å². The Morgan fingerprint density at radius 3 is 2.42 bits per heavy atom. The van der Waals surface area contributed by atoms with Crippen LogP contribution in [0.3, 0.4) is 0 Å². The van der Waals surface area contributed by atoms with Crippen LogP contribution in [0.2, 0.25) is 0 Å². The summed E-state index contributed by atoms with van der Waals surface area (Å²) in [6, 6.07) is 5.54. The normalized spacial score (nSPS) is 17.7. The summed E-state index contributed by atoms with van der Waals surface area (Å²) in [4.78, 5) is 14.4. The van der Waals surface area contributed by atoms with Gasteiger partial charge >= 0.3 is 0 Å². The molecule has 1 aromatic carbocycles. The average Bonchev–Trinajstić information content (AvgIpc) is 2.31. The topological polar surface area (TPSA) is 46.3 Å². The van der Waals surface area contributed by atoms with Crippen molar-refractivity contribution < 1.29 is 4.79 Å². The van der Waals surface area contributed by atoms with Crippen molar-refractivity contribution in [3.63, 3.8) is 0 Å². The van der Waals surface area contributed by atoms with Crippen LogP contribution < -0.4 is 5.73 Å². The van der Waals surface area contributed by atoms with Gasteiger partial charge in [0.15, 0.2) is 0 Å². The van der Waals surface area contributed by atoms with Gasteiger partial charge in [0.1, 0.15) is 0 Å². The summed E-state index contributed by atoms with van der Waals surface area (Å²) in [6.07, 6.45) is 2.14. The third kappa shape index (κ3) is 3.63. The highest BCUT2D eigenvalue weighted by Gasteiger charge is 2.28. The molecule has 0 saturated carbocycles. The van der Waals surface area contributed by atoms with Crippen molar-refractivity contribution in [1.29, 1.82) is 0 Å². The quantitative estimate of drug-likeness (QED) is 0.804. The molecule has 0 radical (unpaired) electrons. The monoisotopic (exact) mass is 282 g/mol. The van der Waals surface area contributed by atoms with Crippen molar-refractivity contribution in [2.24, 2.45) is 5.41 Å². The molecule has 1 aliphatic heterocycles. The van der Waals surface area contributed by atoms with Gasteiger partial charge in [0.05, 0.1) is 0 Å². The van der Waals surface area contributed by atoms with E-state index in [1.54, 1.807) is 6.07 Å². The first-order valence-corrected chi connectivity index (χ1v) is 6.54. The van der Waals surface area contributed by atoms with Crippen LogP contribution in [0.15, 0.2) is 18.2 Å². The minimum absolute atomic E-state index is 0. The number of likely N-dealkylation sites (tertiary alicyclic amines) is 1. The molecule has 0 aromatic heterocycles. The van der Waals surface area contributed by atoms with Gasteiger partial charge in [0.25, 0.3) is 5.91 Å². The van der Waals surface area contributed by atoms with Crippen LogP contribution in [0, 0.1) is 12.3 Å². The Balaban J connectivity index is 0.00000180. The summed E-state index contributed by atoms with van der Waals surface area (Å²) in [7, 11) is 0. The maximum atomic E-state index is 12.5. The molecule has 106 valence electrons. The van der Waals surface area contributed by atoms with E-state index in [0.717, 1.165) is 37.1 Å². The number of carbonyl (C=O) groups excluding carboxylic acids is 1. The fourth-order valence-corrected chi connectivity index (χ4v) is 2.36. The fraction of sp³-hybridized carbons (Fsp3) is 0.533. The molecule has 0 spiro atoms. The van der Waals surface area contributed by atoms with Crippen molar-refractivity contribution in [1.82, 2.24) is 4.90 Å². The smallest absolute Gasteiger partial charge is 0.254 e. The Labute approximate surface area is 121 Å². The molecule has 1 heterocycles. The van der Waals surface area contributed by atoms with E-state index < -0.39 is 0 Å². The number of benzene rings is 1. The number of hydrogen-bond donors (Lipinski definition) is 1. The van der Waals surface area contributed by atoms with Gasteiger partial charge in [0.2, 0.25) is 0 Å². The summed E-state index contributed by atoms with van der Waals surface area (Å²) in [5.41, 5.74) is 8.53. The van der Waals surface area contributed by atoms with E-state index >= 15 is 0 Å². The molecule has 0 aliphatic carbocycles. The number of nitrogen functional groups attached to an aromatic ring is 1. The third-order valence-electron chi connectivity index (χ3n) is 3.90. The maximum absolute atomic E-state index is 12.5. The van der Waals surface area contributed by atoms with Gasteiger partial charge in [-0.05, 0) is 42.9 Å². The molecule has 1 amide bonds. The first-order chi connectivity index (χ1) is 8.39. The number of nitrogens with two attached hydrogens (primary N) is 1. The summed E-state index contributed by atoms with van der Waals surface area (Å²) in [5, 5.41) is 0. The van der Waals surface area contributed by atoms with Crippen molar-refractivity contribution in [3.05, 3.63) is 29.3 Å². The van der Waals surface area contributed by atoms with E-state index in [2.05, 4.69) is 13.8 Å². The van der Waals surface area contributed by atoms with Gasteiger partial charge in [-0.2, -0.15) is 0 Å². The summed E-state index contributed by atoms with van der Waals surface area (Å²) >= 11 is 0. The number of aryl methyl sites for hydroxylation is 1. The number of nitrogens with zero attached hydrogens (tertiary/aromatic N) is 1. The predicted octanol–water partition coefficient (Wildman–Crippen LogP) is 3.26. The molecule has 1 aromatic rings. The molecule has 2 N–H and O–H groups in total. The minimum atomic E-state index is 0. The summed E-state index contributed by atoms with van der Waals surface area (Å²) in [6.45, 7) is 8.18. The maximum Gasteiger partial charge on any atom is 0.254 e. The Hall–Kier alpha value is -1.22. The highest BCUT2D eigenvalue weighted by Crippen LogP contribution is 2.30. The van der Waals surface area contributed by atoms with Gasteiger partial charge in [-0.3, -0.25) is 4.79 Å². The van der Waals surface area contributed by atoms with Gasteiger partial charge in [-0.1, -0.05) is 19.9 Å². The minimum Gasteiger partial charge on any atom is -0.399 e.